The van der Waals surface area contributed by atoms with Crippen molar-refractivity contribution in [1.82, 2.24) is 4.57 Å². The van der Waals surface area contributed by atoms with Gasteiger partial charge in [-0.25, -0.2) is 4.79 Å². The zero-order chi connectivity index (χ0) is 21.9. The molecule has 0 atom stereocenters. The van der Waals surface area contributed by atoms with E-state index in [2.05, 4.69) is 10.2 Å². The molecule has 0 saturated heterocycles. The normalized spacial score (nSPS) is 11.4. The van der Waals surface area contributed by atoms with Crippen LogP contribution >= 0.6 is 0 Å². The van der Waals surface area contributed by atoms with Crippen LogP contribution in [0.2, 0.25) is 0 Å². The van der Waals surface area contributed by atoms with E-state index in [1.807, 2.05) is 6.07 Å². The Hall–Kier alpha value is -4.01. The van der Waals surface area contributed by atoms with Gasteiger partial charge in [0.1, 0.15) is 6.07 Å². The first-order valence-corrected chi connectivity index (χ1v) is 9.77. The van der Waals surface area contributed by atoms with Crippen molar-refractivity contribution in [2.75, 3.05) is 12.8 Å². The van der Waals surface area contributed by atoms with E-state index >= 15 is 0 Å². The Labute approximate surface area is 171 Å². The maximum atomic E-state index is 12.1. The van der Waals surface area contributed by atoms with Gasteiger partial charge in [0, 0.05) is 11.9 Å². The van der Waals surface area contributed by atoms with Gasteiger partial charge in [-0.15, -0.1) is 0 Å². The average Bonchev–Trinajstić information content (AvgIpc) is 3.08. The Morgan fingerprint density at radius 3 is 2.10 bits per heavy atom. The van der Waals surface area contributed by atoms with Crippen molar-refractivity contribution < 1.29 is 22.5 Å². The lowest BCUT2D eigenvalue weighted by Crippen LogP contribution is -2.10. The number of methoxy groups -OCH3 is 1. The number of rotatable bonds is 5. The molecule has 152 valence electrons. The number of esters is 1. The minimum atomic E-state index is -4.27. The lowest BCUT2D eigenvalue weighted by Gasteiger charge is -2.08. The maximum Gasteiger partial charge on any atom is 0.357 e. The summed E-state index contributed by atoms with van der Waals surface area (Å²) in [5.41, 5.74) is 7.52. The zero-order valence-corrected chi connectivity index (χ0v) is 16.4. The molecule has 0 bridgehead atoms. The lowest BCUT2D eigenvalue weighted by molar-refractivity contribution is 0.0593. The Morgan fingerprint density at radius 1 is 1.10 bits per heavy atom. The monoisotopic (exact) mass is 425 g/mol. The van der Waals surface area contributed by atoms with Crippen LogP contribution in [-0.4, -0.2) is 30.6 Å². The van der Waals surface area contributed by atoms with Gasteiger partial charge >= 0.3 is 5.97 Å². The SMILES string of the molecule is COC(=O)c1c(N)c(C#N)cn1-c1ccc(N=Nc2ccc(S(=O)(=O)O)cc2)cc1. The average molecular weight is 425 g/mol. The number of nitriles is 1. The van der Waals surface area contributed by atoms with Crippen LogP contribution in [0.15, 0.2) is 69.9 Å². The summed E-state index contributed by atoms with van der Waals surface area (Å²) in [5, 5.41) is 17.2. The summed E-state index contributed by atoms with van der Waals surface area (Å²) in [6.45, 7) is 0. The largest absolute Gasteiger partial charge is 0.464 e. The molecule has 0 aliphatic carbocycles. The van der Waals surface area contributed by atoms with Crippen LogP contribution < -0.4 is 5.73 Å². The third kappa shape index (κ3) is 4.19. The van der Waals surface area contributed by atoms with E-state index in [4.69, 9.17) is 15.0 Å². The molecule has 1 heterocycles. The molecule has 0 spiro atoms. The molecule has 10 nitrogen and oxygen atoms in total. The fourth-order valence-corrected chi connectivity index (χ4v) is 3.08. The molecule has 3 aromatic rings. The molecule has 0 aliphatic heterocycles. The molecule has 0 aliphatic rings. The van der Waals surface area contributed by atoms with Gasteiger partial charge < -0.3 is 15.0 Å². The van der Waals surface area contributed by atoms with Crippen LogP contribution in [0.3, 0.4) is 0 Å². The van der Waals surface area contributed by atoms with Crippen LogP contribution in [0, 0.1) is 11.3 Å². The predicted molar refractivity (Wildman–Crippen MR) is 107 cm³/mol. The molecule has 30 heavy (non-hydrogen) atoms. The van der Waals surface area contributed by atoms with Crippen LogP contribution in [0.5, 0.6) is 0 Å². The Kier molecular flexibility index (Phi) is 5.63. The molecule has 3 rings (SSSR count). The summed E-state index contributed by atoms with van der Waals surface area (Å²) in [4.78, 5) is 11.8. The summed E-state index contributed by atoms with van der Waals surface area (Å²) in [6.07, 6.45) is 1.44. The van der Waals surface area contributed by atoms with Crippen molar-refractivity contribution in [3.05, 3.63) is 66.0 Å². The van der Waals surface area contributed by atoms with Gasteiger partial charge in [0.25, 0.3) is 10.1 Å². The Morgan fingerprint density at radius 2 is 1.63 bits per heavy atom. The van der Waals surface area contributed by atoms with Gasteiger partial charge in [-0.2, -0.15) is 23.9 Å². The molecule has 1 aromatic heterocycles. The van der Waals surface area contributed by atoms with Crippen LogP contribution in [-0.2, 0) is 14.9 Å². The van der Waals surface area contributed by atoms with E-state index in [1.165, 1.54) is 42.1 Å². The number of azo groups is 1. The summed E-state index contributed by atoms with van der Waals surface area (Å²) in [7, 11) is -3.05. The predicted octanol–water partition coefficient (Wildman–Crippen LogP) is 3.38. The second-order valence-corrected chi connectivity index (χ2v) is 7.39. The number of benzene rings is 2. The summed E-state index contributed by atoms with van der Waals surface area (Å²) >= 11 is 0. The first-order chi connectivity index (χ1) is 14.2. The van der Waals surface area contributed by atoms with Crippen LogP contribution in [0.1, 0.15) is 16.1 Å². The number of carbonyl (C=O) groups is 1. The highest BCUT2D eigenvalue weighted by atomic mass is 32.2. The highest BCUT2D eigenvalue weighted by Crippen LogP contribution is 2.26. The van der Waals surface area contributed by atoms with Crippen molar-refractivity contribution in [2.45, 2.75) is 4.90 Å². The number of ether oxygens (including phenoxy) is 1. The molecular weight excluding hydrogens is 410 g/mol. The van der Waals surface area contributed by atoms with Crippen molar-refractivity contribution in [1.29, 1.82) is 5.26 Å². The lowest BCUT2D eigenvalue weighted by atomic mass is 10.2. The van der Waals surface area contributed by atoms with E-state index < -0.39 is 16.1 Å². The van der Waals surface area contributed by atoms with Gasteiger partial charge in [0.15, 0.2) is 5.69 Å². The second kappa shape index (κ2) is 8.16. The molecule has 0 saturated carbocycles. The number of nitrogens with zero attached hydrogens (tertiary/aromatic N) is 4. The summed E-state index contributed by atoms with van der Waals surface area (Å²) in [6, 6.07) is 13.7. The molecule has 0 fully saturated rings. The van der Waals surface area contributed by atoms with Gasteiger partial charge in [0.05, 0.1) is 34.6 Å². The van der Waals surface area contributed by atoms with Crippen LogP contribution in [0.4, 0.5) is 17.1 Å². The standard InChI is InChI=1S/C19H15N5O5S/c1-29-19(25)18-17(21)12(10-20)11-24(18)15-6-2-13(3-7-15)22-23-14-4-8-16(9-5-14)30(26,27)28/h2-9,11H,21H2,1H3,(H,26,27,28). The number of hydrogen-bond donors (Lipinski definition) is 2. The number of carbonyl (C=O) groups excluding carboxylic acids is 1. The van der Waals surface area contributed by atoms with Gasteiger partial charge in [0.2, 0.25) is 0 Å². The number of aromatic nitrogens is 1. The number of hydrogen-bond acceptors (Lipinski definition) is 8. The number of nitrogens with two attached hydrogens (primary N) is 1. The van der Waals surface area contributed by atoms with Gasteiger partial charge in [-0.3, -0.25) is 4.55 Å². The quantitative estimate of drug-likeness (QED) is 0.360. The molecule has 3 N–H and O–H groups in total. The summed E-state index contributed by atoms with van der Waals surface area (Å²) in [5.74, 6) is -0.675. The summed E-state index contributed by atoms with van der Waals surface area (Å²) < 4.78 is 37.3. The highest BCUT2D eigenvalue weighted by Gasteiger charge is 2.21. The molecule has 11 heteroatoms. The number of anilines is 1. The minimum Gasteiger partial charge on any atom is -0.464 e. The third-order valence-corrected chi connectivity index (χ3v) is 4.95. The zero-order valence-electron chi connectivity index (χ0n) is 15.6. The number of nitrogen functional groups attached to an aromatic ring is 1. The first-order valence-electron chi connectivity index (χ1n) is 8.33. The van der Waals surface area contributed by atoms with Crippen molar-refractivity contribution in [3.63, 3.8) is 0 Å². The van der Waals surface area contributed by atoms with E-state index in [9.17, 15) is 18.5 Å². The highest BCUT2D eigenvalue weighted by molar-refractivity contribution is 7.85. The molecule has 0 amide bonds. The molecule has 2 aromatic carbocycles. The topological polar surface area (TPSA) is 160 Å². The fraction of sp³-hybridized carbons (Fsp3) is 0.0526. The van der Waals surface area contributed by atoms with Crippen molar-refractivity contribution in [3.8, 4) is 11.8 Å². The minimum absolute atomic E-state index is 0.0291. The van der Waals surface area contributed by atoms with E-state index in [1.54, 1.807) is 24.3 Å². The Balaban J connectivity index is 1.86. The van der Waals surface area contributed by atoms with E-state index in [0.717, 1.165) is 0 Å². The maximum absolute atomic E-state index is 12.1. The smallest absolute Gasteiger partial charge is 0.357 e. The van der Waals surface area contributed by atoms with Gasteiger partial charge in [-0.05, 0) is 48.5 Å². The Bertz CT molecular complexity index is 1270. The molecular formula is C19H15N5O5S. The van der Waals surface area contributed by atoms with E-state index in [-0.39, 0.29) is 21.8 Å². The van der Waals surface area contributed by atoms with Gasteiger partial charge in [-0.1, -0.05) is 0 Å². The van der Waals surface area contributed by atoms with Crippen LogP contribution in [0.25, 0.3) is 5.69 Å². The second-order valence-electron chi connectivity index (χ2n) is 5.96. The fourth-order valence-electron chi connectivity index (χ4n) is 2.60. The molecule has 0 unspecified atom stereocenters. The van der Waals surface area contributed by atoms with Crippen molar-refractivity contribution >= 4 is 33.1 Å². The van der Waals surface area contributed by atoms with E-state index in [0.29, 0.717) is 17.1 Å². The third-order valence-electron chi connectivity index (χ3n) is 4.09. The molecule has 0 radical (unpaired) electrons. The van der Waals surface area contributed by atoms with Crippen molar-refractivity contribution in [2.24, 2.45) is 10.2 Å². The first kappa shape index (κ1) is 20.7.